The van der Waals surface area contributed by atoms with E-state index in [4.69, 9.17) is 4.42 Å². The Morgan fingerprint density at radius 3 is 2.71 bits per heavy atom. The van der Waals surface area contributed by atoms with E-state index in [2.05, 4.69) is 15.6 Å². The molecule has 2 atom stereocenters. The molecule has 1 saturated heterocycles. The van der Waals surface area contributed by atoms with Crippen molar-refractivity contribution in [2.24, 2.45) is 5.92 Å². The Morgan fingerprint density at radius 2 is 1.93 bits per heavy atom. The average Bonchev–Trinajstić information content (AvgIpc) is 3.59. The highest BCUT2D eigenvalue weighted by atomic mass is 19.1. The summed E-state index contributed by atoms with van der Waals surface area (Å²) in [5.74, 6) is -1.86. The molecule has 2 bridgehead atoms. The van der Waals surface area contributed by atoms with E-state index in [9.17, 15) is 23.6 Å². The van der Waals surface area contributed by atoms with E-state index >= 15 is 0 Å². The minimum Gasteiger partial charge on any atom is -0.441 e. The molecule has 2 aliphatic rings. The van der Waals surface area contributed by atoms with E-state index in [-0.39, 0.29) is 42.3 Å². The van der Waals surface area contributed by atoms with Gasteiger partial charge in [0.1, 0.15) is 17.4 Å². The zero-order valence-electron chi connectivity index (χ0n) is 24.1. The van der Waals surface area contributed by atoms with Gasteiger partial charge in [-0.25, -0.2) is 9.37 Å². The van der Waals surface area contributed by atoms with Gasteiger partial charge in [-0.2, -0.15) is 0 Å². The van der Waals surface area contributed by atoms with Gasteiger partial charge in [0.2, 0.25) is 11.8 Å². The number of hydrogen-bond acceptors (Lipinski definition) is 6. The molecule has 0 saturated carbocycles. The van der Waals surface area contributed by atoms with Crippen molar-refractivity contribution in [1.82, 2.24) is 25.4 Å². The van der Waals surface area contributed by atoms with Crippen LogP contribution in [0.5, 0.6) is 0 Å². The quantitative estimate of drug-likeness (QED) is 0.482. The van der Waals surface area contributed by atoms with Gasteiger partial charge in [-0.3, -0.25) is 19.2 Å². The number of benzene rings is 2. The zero-order chi connectivity index (χ0) is 30.0. The summed E-state index contributed by atoms with van der Waals surface area (Å²) in [6.07, 6.45) is 2.14. The molecule has 2 N–H and O–H groups in total. The Bertz CT molecular complexity index is 1520. The lowest BCUT2D eigenvalue weighted by atomic mass is 10.0. The molecule has 1 aromatic heterocycles. The number of oxazole rings is 1. The summed E-state index contributed by atoms with van der Waals surface area (Å²) in [6, 6.07) is 8.11. The van der Waals surface area contributed by atoms with Crippen molar-refractivity contribution in [2.75, 3.05) is 26.2 Å². The van der Waals surface area contributed by atoms with Crippen LogP contribution in [0.4, 0.5) is 4.39 Å². The first-order chi connectivity index (χ1) is 20.1. The van der Waals surface area contributed by atoms with Crippen molar-refractivity contribution in [3.63, 3.8) is 0 Å². The number of aryl methyl sites for hydroxylation is 2. The second kappa shape index (κ2) is 12.3. The topological polar surface area (TPSA) is 125 Å². The van der Waals surface area contributed by atoms with Crippen molar-refractivity contribution >= 4 is 34.7 Å². The Kier molecular flexibility index (Phi) is 8.56. The van der Waals surface area contributed by atoms with Gasteiger partial charge in [0.05, 0.1) is 12.1 Å². The molecule has 3 heterocycles. The van der Waals surface area contributed by atoms with Crippen LogP contribution in [0, 0.1) is 18.7 Å². The number of fused-ring (bicyclic) bond motifs is 4. The number of hydrogen-bond donors (Lipinski definition) is 2. The van der Waals surface area contributed by atoms with Crippen LogP contribution in [0.1, 0.15) is 65.3 Å². The lowest BCUT2D eigenvalue weighted by Crippen LogP contribution is -2.54. The van der Waals surface area contributed by atoms with Gasteiger partial charge in [0.25, 0.3) is 11.8 Å². The summed E-state index contributed by atoms with van der Waals surface area (Å²) in [4.78, 5) is 61.0. The minimum absolute atomic E-state index is 0.0587. The molecule has 1 fully saturated rings. The summed E-state index contributed by atoms with van der Waals surface area (Å²) in [7, 11) is 0. The van der Waals surface area contributed by atoms with E-state index in [1.54, 1.807) is 31.2 Å². The number of nitrogens with zero attached hydrogens (tertiary/aromatic N) is 3. The minimum atomic E-state index is -0.762. The normalized spacial score (nSPS) is 20.8. The third-order valence-electron chi connectivity index (χ3n) is 7.96. The summed E-state index contributed by atoms with van der Waals surface area (Å²) in [5.41, 5.74) is 2.12. The molecule has 0 unspecified atom stereocenters. The van der Waals surface area contributed by atoms with Crippen LogP contribution in [0.3, 0.4) is 0 Å². The highest BCUT2D eigenvalue weighted by molar-refractivity contribution is 5.99. The number of nitrogens with one attached hydrogen (secondary N) is 2. The molecule has 0 aliphatic carbocycles. The molecule has 0 spiro atoms. The third-order valence-corrected chi connectivity index (χ3v) is 7.96. The highest BCUT2D eigenvalue weighted by Crippen LogP contribution is 2.24. The van der Waals surface area contributed by atoms with Crippen LogP contribution in [0.25, 0.3) is 11.1 Å². The fourth-order valence-corrected chi connectivity index (χ4v) is 5.59. The standard InChI is InChI=1S/C31H36FN5O5/c1-18(2)25-16-36(30(40)21-9-11-24-27(15-21)42-19(3)34-24)17-28(38)33-12-4-6-20-8-10-23(32)22(14-20)31(41)37-13-5-7-26(37)29(39)35-25/h8-11,14-15,18,25-26H,4-7,12-13,16-17H2,1-3H3,(H,33,38)(H,35,39)/t25-,26-/m0/s1. The molecule has 42 heavy (non-hydrogen) atoms. The summed E-state index contributed by atoms with van der Waals surface area (Å²) in [5, 5.41) is 5.89. The van der Waals surface area contributed by atoms with E-state index in [1.807, 2.05) is 13.8 Å². The fourth-order valence-electron chi connectivity index (χ4n) is 5.59. The maximum atomic E-state index is 14.8. The molecule has 11 heteroatoms. The van der Waals surface area contributed by atoms with Gasteiger partial charge in [0, 0.05) is 38.2 Å². The average molecular weight is 578 g/mol. The van der Waals surface area contributed by atoms with Crippen LogP contribution in [0.15, 0.2) is 40.8 Å². The summed E-state index contributed by atoms with van der Waals surface area (Å²) in [6.45, 7) is 6.10. The van der Waals surface area contributed by atoms with Crippen LogP contribution in [-0.2, 0) is 16.0 Å². The monoisotopic (exact) mass is 577 g/mol. The van der Waals surface area contributed by atoms with Crippen LogP contribution >= 0.6 is 0 Å². The molecule has 2 aromatic carbocycles. The molecule has 222 valence electrons. The lowest BCUT2D eigenvalue weighted by Gasteiger charge is -2.32. The highest BCUT2D eigenvalue weighted by Gasteiger charge is 2.37. The second-order valence-electron chi connectivity index (χ2n) is 11.4. The van der Waals surface area contributed by atoms with E-state index < -0.39 is 23.8 Å². The second-order valence-corrected chi connectivity index (χ2v) is 11.4. The van der Waals surface area contributed by atoms with Crippen molar-refractivity contribution in [3.05, 3.63) is 64.8 Å². The first-order valence-corrected chi connectivity index (χ1v) is 14.4. The molecule has 0 radical (unpaired) electrons. The summed E-state index contributed by atoms with van der Waals surface area (Å²) >= 11 is 0. The van der Waals surface area contributed by atoms with Gasteiger partial charge >= 0.3 is 0 Å². The van der Waals surface area contributed by atoms with Crippen LogP contribution in [0.2, 0.25) is 0 Å². The predicted octanol–water partition coefficient (Wildman–Crippen LogP) is 3.23. The largest absolute Gasteiger partial charge is 0.441 e. The Labute approximate surface area is 243 Å². The fraction of sp³-hybridized carbons (Fsp3) is 0.452. The van der Waals surface area contributed by atoms with Gasteiger partial charge in [0.15, 0.2) is 11.5 Å². The Morgan fingerprint density at radius 1 is 1.12 bits per heavy atom. The molecule has 3 aromatic rings. The first kappa shape index (κ1) is 29.2. The number of carbonyl (C=O) groups excluding carboxylic acids is 4. The SMILES string of the molecule is Cc1nc2ccc(C(=O)N3CC(=O)NCCCc4ccc(F)c(c4)C(=O)N4CCC[C@H]4C(=O)N[C@H](C(C)C)C3)cc2o1. The summed E-state index contributed by atoms with van der Waals surface area (Å²) < 4.78 is 20.4. The van der Waals surface area contributed by atoms with E-state index in [1.165, 1.54) is 21.9 Å². The van der Waals surface area contributed by atoms with Gasteiger partial charge in [-0.05, 0) is 67.5 Å². The van der Waals surface area contributed by atoms with Crippen LogP contribution < -0.4 is 10.6 Å². The number of rotatable bonds is 2. The number of amides is 4. The molecular formula is C31H36FN5O5. The predicted molar refractivity (Wildman–Crippen MR) is 153 cm³/mol. The number of carbonyl (C=O) groups is 4. The van der Waals surface area contributed by atoms with E-state index in [0.717, 1.165) is 5.56 Å². The van der Waals surface area contributed by atoms with Gasteiger partial charge < -0.3 is 24.9 Å². The smallest absolute Gasteiger partial charge is 0.257 e. The third kappa shape index (κ3) is 6.29. The molecule has 2 aliphatic heterocycles. The number of halogens is 1. The maximum absolute atomic E-state index is 14.8. The number of aromatic nitrogens is 1. The van der Waals surface area contributed by atoms with Crippen molar-refractivity contribution < 1.29 is 28.0 Å². The zero-order valence-corrected chi connectivity index (χ0v) is 24.1. The molecule has 5 rings (SSSR count). The molecule has 10 nitrogen and oxygen atoms in total. The van der Waals surface area contributed by atoms with Crippen molar-refractivity contribution in [2.45, 2.75) is 58.5 Å². The van der Waals surface area contributed by atoms with Crippen LogP contribution in [-0.4, -0.2) is 76.7 Å². The molecule has 4 amide bonds. The van der Waals surface area contributed by atoms with Crippen molar-refractivity contribution in [1.29, 1.82) is 0 Å². The van der Waals surface area contributed by atoms with Gasteiger partial charge in [-0.15, -0.1) is 0 Å². The first-order valence-electron chi connectivity index (χ1n) is 14.4. The van der Waals surface area contributed by atoms with Crippen molar-refractivity contribution in [3.8, 4) is 0 Å². The lowest BCUT2D eigenvalue weighted by molar-refractivity contribution is -0.126. The Hall–Kier alpha value is -4.28. The Balaban J connectivity index is 1.45. The molecular weight excluding hydrogens is 541 g/mol. The van der Waals surface area contributed by atoms with E-state index in [0.29, 0.717) is 61.3 Å². The maximum Gasteiger partial charge on any atom is 0.257 e. The van der Waals surface area contributed by atoms with Gasteiger partial charge in [-0.1, -0.05) is 19.9 Å².